The van der Waals surface area contributed by atoms with E-state index in [9.17, 15) is 9.59 Å². The topological polar surface area (TPSA) is 67.2 Å². The first-order valence-electron chi connectivity index (χ1n) is 10.6. The molecule has 1 fully saturated rings. The monoisotopic (exact) mass is 420 g/mol. The number of hydrogen-bond acceptors (Lipinski definition) is 5. The molecule has 2 aromatic heterocycles. The smallest absolute Gasteiger partial charge is 0.308 e. The van der Waals surface area contributed by atoms with Gasteiger partial charge in [0.05, 0.1) is 18.7 Å². The molecular formula is C24H28N4O3. The highest BCUT2D eigenvalue weighted by atomic mass is 16.5. The van der Waals surface area contributed by atoms with Crippen molar-refractivity contribution in [2.75, 3.05) is 27.2 Å². The van der Waals surface area contributed by atoms with Crippen LogP contribution in [0.3, 0.4) is 0 Å². The van der Waals surface area contributed by atoms with E-state index in [1.54, 1.807) is 4.90 Å². The first kappa shape index (κ1) is 21.1. The quantitative estimate of drug-likeness (QED) is 0.574. The highest BCUT2D eigenvalue weighted by molar-refractivity contribution is 5.94. The van der Waals surface area contributed by atoms with Gasteiger partial charge in [0.1, 0.15) is 5.65 Å². The molecule has 1 aromatic carbocycles. The molecule has 4 rings (SSSR count). The van der Waals surface area contributed by atoms with E-state index in [-0.39, 0.29) is 17.8 Å². The van der Waals surface area contributed by atoms with Gasteiger partial charge >= 0.3 is 5.97 Å². The van der Waals surface area contributed by atoms with E-state index in [1.807, 2.05) is 66.2 Å². The van der Waals surface area contributed by atoms with Crippen molar-refractivity contribution in [1.29, 1.82) is 0 Å². The predicted octanol–water partition coefficient (Wildman–Crippen LogP) is 2.99. The zero-order chi connectivity index (χ0) is 21.8. The maximum atomic E-state index is 13.3. The van der Waals surface area contributed by atoms with Crippen LogP contribution in [-0.4, -0.2) is 58.3 Å². The molecule has 1 aliphatic rings. The number of rotatable bonds is 6. The lowest BCUT2D eigenvalue weighted by atomic mass is 9.97. The van der Waals surface area contributed by atoms with Crippen LogP contribution in [0.25, 0.3) is 5.65 Å². The largest absolute Gasteiger partial charge is 0.469 e. The Balaban J connectivity index is 1.55. The molecular weight excluding hydrogens is 392 g/mol. The molecule has 162 valence electrons. The van der Waals surface area contributed by atoms with Crippen molar-refractivity contribution in [1.82, 2.24) is 19.2 Å². The summed E-state index contributed by atoms with van der Waals surface area (Å²) < 4.78 is 6.89. The minimum Gasteiger partial charge on any atom is -0.469 e. The lowest BCUT2D eigenvalue weighted by Gasteiger charge is -2.30. The van der Waals surface area contributed by atoms with Crippen LogP contribution in [0.5, 0.6) is 0 Å². The van der Waals surface area contributed by atoms with E-state index in [2.05, 4.69) is 9.88 Å². The van der Waals surface area contributed by atoms with E-state index in [0.717, 1.165) is 42.8 Å². The Morgan fingerprint density at radius 1 is 1.10 bits per heavy atom. The highest BCUT2D eigenvalue weighted by Crippen LogP contribution is 2.23. The molecule has 0 N–H and O–H groups in total. The number of carbonyl (C=O) groups excluding carboxylic acids is 2. The molecule has 3 aromatic rings. The van der Waals surface area contributed by atoms with Gasteiger partial charge in [-0.1, -0.05) is 36.4 Å². The third kappa shape index (κ3) is 4.61. The van der Waals surface area contributed by atoms with Crippen molar-refractivity contribution in [3.05, 3.63) is 71.7 Å². The second-order valence-corrected chi connectivity index (χ2v) is 8.06. The number of amides is 1. The summed E-state index contributed by atoms with van der Waals surface area (Å²) in [4.78, 5) is 33.8. The maximum absolute atomic E-state index is 13.3. The Kier molecular flexibility index (Phi) is 6.32. The average molecular weight is 421 g/mol. The Morgan fingerprint density at radius 3 is 2.52 bits per heavy atom. The Bertz CT molecular complexity index is 1060. The van der Waals surface area contributed by atoms with Crippen LogP contribution in [0.4, 0.5) is 0 Å². The van der Waals surface area contributed by atoms with Crippen molar-refractivity contribution in [2.45, 2.75) is 25.9 Å². The fourth-order valence-electron chi connectivity index (χ4n) is 4.18. The molecule has 31 heavy (non-hydrogen) atoms. The minimum absolute atomic E-state index is 0.0402. The summed E-state index contributed by atoms with van der Waals surface area (Å²) in [5, 5.41) is 0. The number of hydrogen-bond donors (Lipinski definition) is 0. The van der Waals surface area contributed by atoms with Gasteiger partial charge in [-0.25, -0.2) is 4.98 Å². The van der Waals surface area contributed by atoms with Crippen molar-refractivity contribution < 1.29 is 14.3 Å². The molecule has 7 nitrogen and oxygen atoms in total. The molecule has 1 aliphatic heterocycles. The molecule has 3 heterocycles. The van der Waals surface area contributed by atoms with Gasteiger partial charge in [0.15, 0.2) is 5.69 Å². The first-order valence-corrected chi connectivity index (χ1v) is 10.6. The molecule has 0 spiro atoms. The molecule has 0 saturated carbocycles. The van der Waals surface area contributed by atoms with E-state index < -0.39 is 0 Å². The van der Waals surface area contributed by atoms with Crippen LogP contribution in [-0.2, 0) is 22.6 Å². The van der Waals surface area contributed by atoms with E-state index >= 15 is 0 Å². The zero-order valence-electron chi connectivity index (χ0n) is 18.0. The molecule has 0 unspecified atom stereocenters. The number of methoxy groups -OCH3 is 1. The minimum atomic E-state index is -0.132. The van der Waals surface area contributed by atoms with Gasteiger partial charge < -0.3 is 14.0 Å². The second-order valence-electron chi connectivity index (χ2n) is 8.06. The highest BCUT2D eigenvalue weighted by Gasteiger charge is 2.28. The maximum Gasteiger partial charge on any atom is 0.308 e. The standard InChI is InChI=1S/C24H28N4O3/c1-26(16-18-8-4-3-5-9-18)23(29)22-20(28-13-7-6-10-21(28)25-22)17-27-14-11-19(12-15-27)24(30)31-2/h3-10,13,19H,11-12,14-17H2,1-2H3. The molecule has 1 amide bonds. The third-order valence-electron chi connectivity index (χ3n) is 5.94. The van der Waals surface area contributed by atoms with E-state index in [0.29, 0.717) is 18.8 Å². The molecule has 0 aliphatic carbocycles. The van der Waals surface area contributed by atoms with Gasteiger partial charge in [-0.3, -0.25) is 14.5 Å². The Morgan fingerprint density at radius 2 is 1.81 bits per heavy atom. The number of likely N-dealkylation sites (tertiary alicyclic amines) is 1. The number of piperidine rings is 1. The number of benzene rings is 1. The van der Waals surface area contributed by atoms with Gasteiger partial charge in [0.2, 0.25) is 0 Å². The summed E-state index contributed by atoms with van der Waals surface area (Å²) in [5.41, 5.74) is 3.21. The van der Waals surface area contributed by atoms with E-state index in [4.69, 9.17) is 4.74 Å². The van der Waals surface area contributed by atoms with Gasteiger partial charge in [-0.2, -0.15) is 0 Å². The fraction of sp³-hybridized carbons (Fsp3) is 0.375. The summed E-state index contributed by atoms with van der Waals surface area (Å²) in [7, 11) is 3.25. The van der Waals surface area contributed by atoms with Crippen LogP contribution in [0.2, 0.25) is 0 Å². The summed E-state index contributed by atoms with van der Waals surface area (Å²) in [6, 6.07) is 15.7. The van der Waals surface area contributed by atoms with Crippen molar-refractivity contribution in [2.24, 2.45) is 5.92 Å². The average Bonchev–Trinajstić information content (AvgIpc) is 3.17. The zero-order valence-corrected chi connectivity index (χ0v) is 18.0. The van der Waals surface area contributed by atoms with Crippen molar-refractivity contribution >= 4 is 17.5 Å². The third-order valence-corrected chi connectivity index (χ3v) is 5.94. The molecule has 7 heteroatoms. The Hall–Kier alpha value is -3.19. The fourth-order valence-corrected chi connectivity index (χ4v) is 4.18. The van der Waals surface area contributed by atoms with Crippen LogP contribution in [0.15, 0.2) is 54.7 Å². The van der Waals surface area contributed by atoms with Gasteiger partial charge in [0, 0.05) is 26.3 Å². The van der Waals surface area contributed by atoms with Crippen LogP contribution in [0.1, 0.15) is 34.6 Å². The summed E-state index contributed by atoms with van der Waals surface area (Å²) in [5.74, 6) is -0.263. The first-order chi connectivity index (χ1) is 15.1. The molecule has 0 bridgehead atoms. The number of pyridine rings is 1. The van der Waals surface area contributed by atoms with Crippen LogP contribution >= 0.6 is 0 Å². The number of ether oxygens (including phenoxy) is 1. The number of imidazole rings is 1. The lowest BCUT2D eigenvalue weighted by molar-refractivity contribution is -0.147. The SMILES string of the molecule is COC(=O)C1CCN(Cc2c(C(=O)N(C)Cc3ccccc3)nc3ccccn23)CC1. The molecule has 0 radical (unpaired) electrons. The summed E-state index contributed by atoms with van der Waals surface area (Å²) >= 11 is 0. The number of aromatic nitrogens is 2. The van der Waals surface area contributed by atoms with Crippen molar-refractivity contribution in [3.8, 4) is 0 Å². The Labute approximate surface area is 182 Å². The van der Waals surface area contributed by atoms with Crippen LogP contribution in [0, 0.1) is 5.92 Å². The predicted molar refractivity (Wildman–Crippen MR) is 117 cm³/mol. The summed E-state index contributed by atoms with van der Waals surface area (Å²) in [6.45, 7) is 2.71. The number of carbonyl (C=O) groups is 2. The number of esters is 1. The van der Waals surface area contributed by atoms with Gasteiger partial charge in [-0.05, 0) is 43.6 Å². The van der Waals surface area contributed by atoms with Crippen molar-refractivity contribution in [3.63, 3.8) is 0 Å². The van der Waals surface area contributed by atoms with Crippen LogP contribution < -0.4 is 0 Å². The lowest BCUT2D eigenvalue weighted by Crippen LogP contribution is -2.37. The molecule has 0 atom stereocenters. The van der Waals surface area contributed by atoms with Gasteiger partial charge in [0.25, 0.3) is 5.91 Å². The van der Waals surface area contributed by atoms with Gasteiger partial charge in [-0.15, -0.1) is 0 Å². The summed E-state index contributed by atoms with van der Waals surface area (Å²) in [6.07, 6.45) is 3.48. The molecule has 1 saturated heterocycles. The number of fused-ring (bicyclic) bond motifs is 1. The second kappa shape index (κ2) is 9.31. The van der Waals surface area contributed by atoms with E-state index in [1.165, 1.54) is 7.11 Å². The normalized spacial score (nSPS) is 15.2. The number of nitrogens with zero attached hydrogens (tertiary/aromatic N) is 4.